The van der Waals surface area contributed by atoms with Crippen molar-refractivity contribution in [1.82, 2.24) is 4.72 Å². The summed E-state index contributed by atoms with van der Waals surface area (Å²) in [6, 6.07) is 5.35. The number of benzene rings is 1. The van der Waals surface area contributed by atoms with Crippen molar-refractivity contribution in [3.05, 3.63) is 29.3 Å². The van der Waals surface area contributed by atoms with Crippen LogP contribution in [-0.2, 0) is 45.8 Å². The molecule has 0 spiro atoms. The van der Waals surface area contributed by atoms with E-state index in [0.29, 0.717) is 44.3 Å². The van der Waals surface area contributed by atoms with E-state index in [-0.39, 0.29) is 17.8 Å². The van der Waals surface area contributed by atoms with Gasteiger partial charge in [-0.1, -0.05) is 38.3 Å². The molecule has 0 unspecified atom stereocenters. The number of hydrogen-bond donors (Lipinski definition) is 5. The number of fused-ring (bicyclic) bond motifs is 2. The maximum absolute atomic E-state index is 11.9. The first-order valence-electron chi connectivity index (χ1n) is 13.3. The van der Waals surface area contributed by atoms with Gasteiger partial charge in [0.25, 0.3) is 5.91 Å². The Morgan fingerprint density at radius 3 is 2.45 bits per heavy atom. The van der Waals surface area contributed by atoms with Gasteiger partial charge < -0.3 is 24.3 Å². The Kier molecular flexibility index (Phi) is 11.4. The lowest BCUT2D eigenvalue weighted by Gasteiger charge is -2.33. The van der Waals surface area contributed by atoms with Gasteiger partial charge in [0.2, 0.25) is 10.0 Å². The number of phosphoric acid groups is 2. The third-order valence-corrected chi connectivity index (χ3v) is 9.21. The molecule has 228 valence electrons. The number of rotatable bonds is 15. The van der Waals surface area contributed by atoms with E-state index in [9.17, 15) is 41.9 Å². The van der Waals surface area contributed by atoms with E-state index < -0.39 is 50.4 Å². The van der Waals surface area contributed by atoms with Gasteiger partial charge in [0.05, 0.1) is 18.5 Å². The van der Waals surface area contributed by atoms with Crippen molar-refractivity contribution < 1.29 is 55.7 Å². The van der Waals surface area contributed by atoms with E-state index in [2.05, 4.69) is 0 Å². The van der Waals surface area contributed by atoms with Crippen LogP contribution >= 0.6 is 15.6 Å². The fourth-order valence-electron chi connectivity index (χ4n) is 6.03. The van der Waals surface area contributed by atoms with Gasteiger partial charge in [-0.25, -0.2) is 17.5 Å². The molecule has 0 saturated heterocycles. The second-order valence-corrected chi connectivity index (χ2v) is 14.8. The van der Waals surface area contributed by atoms with Crippen molar-refractivity contribution >= 4 is 31.6 Å². The number of unbranched alkanes of at least 4 members (excludes halogenated alkanes) is 2. The molecule has 1 aromatic rings. The third-order valence-electron chi connectivity index (χ3n) is 7.49. The standard InChI is InChI=1S/C24H39NO12P2S/c1-3-4-5-8-18(36-38(27,28)29)10-11-19-20-12-16-7-6-9-22(35-15-24(26)25-40(2,33)34)21(16)13-17(20)14-23(19)37-39(30,31)32/h6-7,9,17-20,23H,3-5,8,10-15H2,1-2H3,(H,25,26)(H2,27,28,29)(H2,30,31,32)/t17-,18-,19+,20-,23+/m0/s1. The molecule has 0 heterocycles. The van der Waals surface area contributed by atoms with E-state index in [1.54, 1.807) is 12.1 Å². The maximum atomic E-state index is 11.9. The molecule has 40 heavy (non-hydrogen) atoms. The lowest BCUT2D eigenvalue weighted by atomic mass is 9.73. The van der Waals surface area contributed by atoms with Gasteiger partial charge in [-0.05, 0) is 73.5 Å². The largest absolute Gasteiger partial charge is 0.483 e. The highest BCUT2D eigenvalue weighted by atomic mass is 32.2. The molecule has 0 aliphatic heterocycles. The van der Waals surface area contributed by atoms with Crippen LogP contribution in [0.25, 0.3) is 0 Å². The number of carbonyl (C=O) groups is 1. The second-order valence-electron chi connectivity index (χ2n) is 10.6. The zero-order valence-electron chi connectivity index (χ0n) is 22.5. The number of sulfonamides is 1. The van der Waals surface area contributed by atoms with Gasteiger partial charge in [-0.2, -0.15) is 0 Å². The summed E-state index contributed by atoms with van der Waals surface area (Å²) < 4.78 is 63.7. The van der Waals surface area contributed by atoms with E-state index in [1.807, 2.05) is 17.7 Å². The van der Waals surface area contributed by atoms with E-state index >= 15 is 0 Å². The molecule has 0 aromatic heterocycles. The highest BCUT2D eigenvalue weighted by Crippen LogP contribution is 2.53. The van der Waals surface area contributed by atoms with Crippen LogP contribution in [-0.4, -0.2) is 59.0 Å². The molecule has 16 heteroatoms. The highest BCUT2D eigenvalue weighted by Gasteiger charge is 2.48. The van der Waals surface area contributed by atoms with Crippen LogP contribution < -0.4 is 9.46 Å². The van der Waals surface area contributed by atoms with Gasteiger partial charge >= 0.3 is 15.6 Å². The van der Waals surface area contributed by atoms with Crippen molar-refractivity contribution in [1.29, 1.82) is 0 Å². The van der Waals surface area contributed by atoms with Gasteiger partial charge in [0.1, 0.15) is 5.75 Å². The molecule has 3 rings (SSSR count). The molecule has 1 aromatic carbocycles. The molecule has 0 radical (unpaired) electrons. The normalized spacial score (nSPS) is 23.8. The average Bonchev–Trinajstić information content (AvgIpc) is 3.11. The van der Waals surface area contributed by atoms with E-state index in [0.717, 1.165) is 36.6 Å². The molecule has 1 amide bonds. The molecule has 5 atom stereocenters. The van der Waals surface area contributed by atoms with Crippen molar-refractivity contribution in [3.8, 4) is 5.75 Å². The molecule has 13 nitrogen and oxygen atoms in total. The van der Waals surface area contributed by atoms with E-state index in [4.69, 9.17) is 13.8 Å². The number of amides is 1. The summed E-state index contributed by atoms with van der Waals surface area (Å²) in [5.74, 6) is -0.702. The molecule has 1 saturated carbocycles. The van der Waals surface area contributed by atoms with E-state index in [1.165, 1.54) is 0 Å². The summed E-state index contributed by atoms with van der Waals surface area (Å²) in [5.41, 5.74) is 1.78. The third kappa shape index (κ3) is 10.5. The average molecular weight is 628 g/mol. The molecule has 2 aliphatic carbocycles. The number of phosphoric ester groups is 2. The first kappa shape index (κ1) is 33.2. The summed E-state index contributed by atoms with van der Waals surface area (Å²) in [6.45, 7) is 1.52. The fourth-order valence-corrected chi connectivity index (χ4v) is 7.70. The molecule has 5 N–H and O–H groups in total. The molecule has 1 fully saturated rings. The Balaban J connectivity index is 1.77. The Morgan fingerprint density at radius 2 is 1.82 bits per heavy atom. The lowest BCUT2D eigenvalue weighted by molar-refractivity contribution is -0.121. The van der Waals surface area contributed by atoms with Gasteiger partial charge in [-0.15, -0.1) is 0 Å². The predicted molar refractivity (Wildman–Crippen MR) is 145 cm³/mol. The van der Waals surface area contributed by atoms with Gasteiger partial charge in [0.15, 0.2) is 6.61 Å². The zero-order chi connectivity index (χ0) is 29.7. The Hall–Kier alpha value is -1.34. The lowest BCUT2D eigenvalue weighted by Crippen LogP contribution is -2.33. The fraction of sp³-hybridized carbons (Fsp3) is 0.708. The van der Waals surface area contributed by atoms with Crippen LogP contribution in [0.5, 0.6) is 5.75 Å². The van der Waals surface area contributed by atoms with Crippen LogP contribution in [0, 0.1) is 17.8 Å². The maximum Gasteiger partial charge on any atom is 0.469 e. The van der Waals surface area contributed by atoms with Gasteiger partial charge in [0, 0.05) is 0 Å². The first-order valence-corrected chi connectivity index (χ1v) is 18.2. The molecular weight excluding hydrogens is 588 g/mol. The second kappa shape index (κ2) is 13.8. The minimum atomic E-state index is -4.80. The zero-order valence-corrected chi connectivity index (χ0v) is 25.2. The summed E-state index contributed by atoms with van der Waals surface area (Å²) in [6.07, 6.45) is 4.54. The van der Waals surface area contributed by atoms with Crippen LogP contribution in [0.3, 0.4) is 0 Å². The summed E-state index contributed by atoms with van der Waals surface area (Å²) >= 11 is 0. The van der Waals surface area contributed by atoms with Gasteiger partial charge in [-0.3, -0.25) is 18.6 Å². The van der Waals surface area contributed by atoms with Crippen LogP contribution in [0.15, 0.2) is 18.2 Å². The predicted octanol–water partition coefficient (Wildman–Crippen LogP) is 2.81. The number of ether oxygens (including phenoxy) is 1. The minimum absolute atomic E-state index is 0.0146. The van der Waals surface area contributed by atoms with Crippen molar-refractivity contribution in [2.24, 2.45) is 17.8 Å². The molecule has 0 bridgehead atoms. The van der Waals surface area contributed by atoms with Crippen LogP contribution in [0.2, 0.25) is 0 Å². The van der Waals surface area contributed by atoms with Crippen LogP contribution in [0.1, 0.15) is 63.0 Å². The number of hydrogen-bond acceptors (Lipinski definition) is 8. The number of carbonyl (C=O) groups excluding carboxylic acids is 1. The first-order chi connectivity index (χ1) is 18.5. The Bertz CT molecular complexity index is 1230. The minimum Gasteiger partial charge on any atom is -0.483 e. The summed E-state index contributed by atoms with van der Waals surface area (Å²) in [7, 11) is -13.2. The Labute approximate surface area is 234 Å². The molecular formula is C24H39NO12P2S. The monoisotopic (exact) mass is 627 g/mol. The Morgan fingerprint density at radius 1 is 1.10 bits per heavy atom. The summed E-state index contributed by atoms with van der Waals surface area (Å²) in [4.78, 5) is 49.9. The van der Waals surface area contributed by atoms with Crippen molar-refractivity contribution in [2.75, 3.05) is 12.9 Å². The number of nitrogens with one attached hydrogen (secondary N) is 1. The van der Waals surface area contributed by atoms with Crippen LogP contribution in [0.4, 0.5) is 0 Å². The molecule has 2 aliphatic rings. The van der Waals surface area contributed by atoms with Crippen molar-refractivity contribution in [2.45, 2.75) is 76.9 Å². The van der Waals surface area contributed by atoms with Crippen molar-refractivity contribution in [3.63, 3.8) is 0 Å². The topological polar surface area (TPSA) is 206 Å². The quantitative estimate of drug-likeness (QED) is 0.141. The summed E-state index contributed by atoms with van der Waals surface area (Å²) in [5, 5.41) is 0. The highest BCUT2D eigenvalue weighted by molar-refractivity contribution is 7.89. The SMILES string of the molecule is CCCCC[C@@H](CC[C@@H]1[C@H]2Cc3cccc(OCC(=O)NS(C)(=O)=O)c3C[C@H]2C[C@H]1OP(=O)(O)O)OP(=O)(O)O. The smallest absolute Gasteiger partial charge is 0.469 e.